The molecule has 1 saturated carbocycles. The first-order valence-corrected chi connectivity index (χ1v) is 12.1. The van der Waals surface area contributed by atoms with E-state index in [0.717, 1.165) is 50.1 Å². The van der Waals surface area contributed by atoms with Gasteiger partial charge in [0.15, 0.2) is 5.65 Å². The maximum atomic E-state index is 13.1. The van der Waals surface area contributed by atoms with Gasteiger partial charge in [-0.15, -0.1) is 5.10 Å². The fourth-order valence-corrected chi connectivity index (χ4v) is 5.18. The SMILES string of the molecule is Cc1nc2ccc(-c3ccn4nc(N[C@H]5C[C@@H](N6CCN(C)CC6)C5)ncc34)nc2n1CC(F)F. The number of imidazole rings is 1. The van der Waals surface area contributed by atoms with Gasteiger partial charge in [-0.25, -0.2) is 28.2 Å². The smallest absolute Gasteiger partial charge is 0.256 e. The molecule has 1 saturated heterocycles. The van der Waals surface area contributed by atoms with Crippen molar-refractivity contribution in [3.8, 4) is 11.3 Å². The summed E-state index contributed by atoms with van der Waals surface area (Å²) in [5.41, 5.74) is 3.39. The quantitative estimate of drug-likeness (QED) is 0.454. The normalized spacial score (nSPS) is 21.7. The Balaban J connectivity index is 1.18. The number of pyridine rings is 1. The molecule has 1 aliphatic heterocycles. The molecule has 1 N–H and O–H groups in total. The van der Waals surface area contributed by atoms with E-state index in [0.29, 0.717) is 40.7 Å². The summed E-state index contributed by atoms with van der Waals surface area (Å²) < 4.78 is 29.4. The number of likely N-dealkylation sites (N-methyl/N-ethyl adjacent to an activating group) is 1. The number of halogens is 2. The molecule has 0 amide bonds. The standard InChI is InChI=1S/C24H29F2N9/c1-15-28-20-4-3-19(30-23(20)34(15)14-22(25)26)18-5-6-35-21(18)13-27-24(31-35)29-16-11-17(12-16)33-9-7-32(2)8-10-33/h3-6,13,16-17,22H,7-12,14H2,1-2H3,(H,29,31)/t16-,17+. The van der Waals surface area contributed by atoms with Crippen LogP contribution in [0.4, 0.5) is 14.7 Å². The second-order valence-electron chi connectivity index (χ2n) is 9.65. The predicted molar refractivity (Wildman–Crippen MR) is 130 cm³/mol. The molecule has 0 aromatic carbocycles. The molecule has 0 spiro atoms. The van der Waals surface area contributed by atoms with Crippen molar-refractivity contribution in [3.63, 3.8) is 0 Å². The fourth-order valence-electron chi connectivity index (χ4n) is 5.18. The fraction of sp³-hybridized carbons (Fsp3) is 0.500. The largest absolute Gasteiger partial charge is 0.350 e. The molecule has 9 nitrogen and oxygen atoms in total. The van der Waals surface area contributed by atoms with Crippen molar-refractivity contribution in [3.05, 3.63) is 36.4 Å². The lowest BCUT2D eigenvalue weighted by atomic mass is 9.85. The second kappa shape index (κ2) is 8.80. The van der Waals surface area contributed by atoms with E-state index in [-0.39, 0.29) is 0 Å². The van der Waals surface area contributed by atoms with Crippen LogP contribution in [0, 0.1) is 6.92 Å². The van der Waals surface area contributed by atoms with Crippen LogP contribution < -0.4 is 5.32 Å². The lowest BCUT2D eigenvalue weighted by Crippen LogP contribution is -2.55. The number of alkyl halides is 2. The summed E-state index contributed by atoms with van der Waals surface area (Å²) in [5.74, 6) is 1.13. The van der Waals surface area contributed by atoms with E-state index in [9.17, 15) is 8.78 Å². The summed E-state index contributed by atoms with van der Waals surface area (Å²) in [7, 11) is 2.18. The number of hydrogen-bond donors (Lipinski definition) is 1. The Labute approximate surface area is 201 Å². The maximum Gasteiger partial charge on any atom is 0.256 e. The van der Waals surface area contributed by atoms with Crippen LogP contribution in [0.15, 0.2) is 30.6 Å². The molecule has 184 valence electrons. The summed E-state index contributed by atoms with van der Waals surface area (Å²) in [5, 5.41) is 8.12. The molecule has 11 heteroatoms. The molecule has 4 aromatic heterocycles. The van der Waals surface area contributed by atoms with Gasteiger partial charge in [-0.1, -0.05) is 0 Å². The van der Waals surface area contributed by atoms with Gasteiger partial charge in [0.25, 0.3) is 6.43 Å². The molecule has 6 rings (SSSR count). The number of nitrogens with zero attached hydrogens (tertiary/aromatic N) is 8. The van der Waals surface area contributed by atoms with E-state index in [1.165, 1.54) is 4.57 Å². The van der Waals surface area contributed by atoms with Gasteiger partial charge >= 0.3 is 0 Å². The number of nitrogens with one attached hydrogen (secondary N) is 1. The summed E-state index contributed by atoms with van der Waals surface area (Å²) >= 11 is 0. The number of rotatable bonds is 6. The highest BCUT2D eigenvalue weighted by Gasteiger charge is 2.35. The van der Waals surface area contributed by atoms with Crippen molar-refractivity contribution in [1.82, 2.24) is 38.9 Å². The van der Waals surface area contributed by atoms with E-state index in [2.05, 4.69) is 42.2 Å². The van der Waals surface area contributed by atoms with Gasteiger partial charge in [0, 0.05) is 50.0 Å². The number of aromatic nitrogens is 6. The minimum atomic E-state index is -2.47. The van der Waals surface area contributed by atoms with Gasteiger partial charge in [-0.2, -0.15) is 0 Å². The molecule has 2 aliphatic rings. The van der Waals surface area contributed by atoms with Crippen molar-refractivity contribution in [2.45, 2.75) is 44.8 Å². The number of aryl methyl sites for hydroxylation is 1. The number of fused-ring (bicyclic) bond motifs is 2. The van der Waals surface area contributed by atoms with Crippen molar-refractivity contribution < 1.29 is 8.78 Å². The van der Waals surface area contributed by atoms with E-state index in [1.807, 2.05) is 24.4 Å². The molecule has 4 aromatic rings. The van der Waals surface area contributed by atoms with Crippen LogP contribution in [0.5, 0.6) is 0 Å². The lowest BCUT2D eigenvalue weighted by Gasteiger charge is -2.46. The molecule has 0 radical (unpaired) electrons. The van der Waals surface area contributed by atoms with Crippen LogP contribution in [-0.4, -0.2) is 90.7 Å². The van der Waals surface area contributed by atoms with E-state index in [1.54, 1.807) is 17.6 Å². The average Bonchev–Trinajstić information content (AvgIpc) is 3.36. The number of piperazine rings is 1. The number of anilines is 1. The lowest BCUT2D eigenvalue weighted by molar-refractivity contribution is 0.0656. The summed E-state index contributed by atoms with van der Waals surface area (Å²) in [4.78, 5) is 18.6. The van der Waals surface area contributed by atoms with Crippen molar-refractivity contribution >= 4 is 22.6 Å². The van der Waals surface area contributed by atoms with Crippen LogP contribution in [0.2, 0.25) is 0 Å². The molecule has 5 heterocycles. The third-order valence-electron chi connectivity index (χ3n) is 7.30. The van der Waals surface area contributed by atoms with Crippen LogP contribution >= 0.6 is 0 Å². The minimum absolute atomic E-state index is 0.384. The minimum Gasteiger partial charge on any atom is -0.350 e. The predicted octanol–water partition coefficient (Wildman–Crippen LogP) is 2.90. The van der Waals surface area contributed by atoms with Gasteiger partial charge in [0.1, 0.15) is 11.3 Å². The van der Waals surface area contributed by atoms with Gasteiger partial charge in [0.05, 0.1) is 24.0 Å². The zero-order valence-corrected chi connectivity index (χ0v) is 19.9. The summed E-state index contributed by atoms with van der Waals surface area (Å²) in [6.07, 6.45) is 3.40. The molecular weight excluding hydrogens is 452 g/mol. The van der Waals surface area contributed by atoms with Gasteiger partial charge in [-0.3, -0.25) is 4.90 Å². The molecule has 0 atom stereocenters. The number of hydrogen-bond acceptors (Lipinski definition) is 7. The third-order valence-corrected chi connectivity index (χ3v) is 7.30. The highest BCUT2D eigenvalue weighted by atomic mass is 19.3. The van der Waals surface area contributed by atoms with Crippen LogP contribution in [-0.2, 0) is 6.54 Å². The van der Waals surface area contributed by atoms with Crippen LogP contribution in [0.1, 0.15) is 18.7 Å². The molecule has 0 unspecified atom stereocenters. The highest BCUT2D eigenvalue weighted by Crippen LogP contribution is 2.30. The Hall–Kier alpha value is -3.18. The van der Waals surface area contributed by atoms with E-state index >= 15 is 0 Å². The van der Waals surface area contributed by atoms with Crippen LogP contribution in [0.3, 0.4) is 0 Å². The first-order valence-electron chi connectivity index (χ1n) is 12.1. The Morgan fingerprint density at radius 1 is 1.09 bits per heavy atom. The molecule has 2 fully saturated rings. The Bertz CT molecular complexity index is 1350. The Morgan fingerprint density at radius 2 is 1.89 bits per heavy atom. The van der Waals surface area contributed by atoms with Gasteiger partial charge in [0.2, 0.25) is 5.95 Å². The first kappa shape index (κ1) is 22.3. The molecule has 35 heavy (non-hydrogen) atoms. The van der Waals surface area contributed by atoms with Crippen molar-refractivity contribution in [2.24, 2.45) is 0 Å². The van der Waals surface area contributed by atoms with E-state index in [4.69, 9.17) is 0 Å². The monoisotopic (exact) mass is 481 g/mol. The molecular formula is C24H29F2N9. The van der Waals surface area contributed by atoms with Crippen molar-refractivity contribution in [2.75, 3.05) is 38.5 Å². The Morgan fingerprint density at radius 3 is 2.66 bits per heavy atom. The van der Waals surface area contributed by atoms with E-state index < -0.39 is 13.0 Å². The third kappa shape index (κ3) is 4.23. The molecule has 0 bridgehead atoms. The average molecular weight is 482 g/mol. The van der Waals surface area contributed by atoms with Crippen molar-refractivity contribution in [1.29, 1.82) is 0 Å². The Kier molecular flexibility index (Phi) is 5.60. The zero-order chi connectivity index (χ0) is 24.1. The first-order chi connectivity index (χ1) is 16.9. The topological polar surface area (TPSA) is 79.4 Å². The second-order valence-corrected chi connectivity index (χ2v) is 9.65. The summed E-state index contributed by atoms with van der Waals surface area (Å²) in [6.45, 7) is 5.86. The van der Waals surface area contributed by atoms with Gasteiger partial charge in [-0.05, 0) is 45.0 Å². The zero-order valence-electron chi connectivity index (χ0n) is 19.9. The highest BCUT2D eigenvalue weighted by molar-refractivity contribution is 5.82. The maximum absolute atomic E-state index is 13.1. The molecule has 1 aliphatic carbocycles. The van der Waals surface area contributed by atoms with Crippen LogP contribution in [0.25, 0.3) is 27.9 Å². The van der Waals surface area contributed by atoms with Gasteiger partial charge < -0.3 is 14.8 Å². The summed E-state index contributed by atoms with van der Waals surface area (Å²) in [6, 6.07) is 6.63.